The number of nitrogens with one attached hydrogen (secondary N) is 2. The number of methoxy groups -OCH3 is 1. The van der Waals surface area contributed by atoms with Crippen molar-refractivity contribution in [1.82, 2.24) is 10.0 Å². The van der Waals surface area contributed by atoms with Gasteiger partial charge in [0, 0.05) is 32.8 Å². The number of hydrogen-bond donors (Lipinski definition) is 2. The molecule has 1 aromatic carbocycles. The molecule has 0 spiro atoms. The van der Waals surface area contributed by atoms with Crippen molar-refractivity contribution < 1.29 is 21.9 Å². The first-order valence-electron chi connectivity index (χ1n) is 5.72. The first-order chi connectivity index (χ1) is 9.38. The predicted octanol–water partition coefficient (Wildman–Crippen LogP) is 1.24. The van der Waals surface area contributed by atoms with E-state index >= 15 is 0 Å². The maximum atomic E-state index is 13.5. The average Bonchev–Trinajstić information content (AvgIpc) is 2.37. The minimum Gasteiger partial charge on any atom is -0.383 e. The second-order valence-corrected chi connectivity index (χ2v) is 6.43. The highest BCUT2D eigenvalue weighted by Crippen LogP contribution is 2.23. The van der Waals surface area contributed by atoms with Crippen LogP contribution in [0.4, 0.5) is 8.78 Å². The van der Waals surface area contributed by atoms with Crippen LogP contribution < -0.4 is 10.0 Å². The Morgan fingerprint density at radius 1 is 1.20 bits per heavy atom. The summed E-state index contributed by atoms with van der Waals surface area (Å²) in [6.07, 6.45) is 0. The first-order valence-corrected chi connectivity index (χ1v) is 8.00. The van der Waals surface area contributed by atoms with Crippen LogP contribution in [0.5, 0.6) is 0 Å². The van der Waals surface area contributed by atoms with Crippen LogP contribution in [-0.2, 0) is 14.8 Å². The van der Waals surface area contributed by atoms with E-state index in [1.165, 1.54) is 0 Å². The van der Waals surface area contributed by atoms with Gasteiger partial charge < -0.3 is 10.1 Å². The molecule has 0 unspecified atom stereocenters. The molecule has 20 heavy (non-hydrogen) atoms. The maximum Gasteiger partial charge on any atom is 0.243 e. The highest BCUT2D eigenvalue weighted by Gasteiger charge is 2.20. The Kier molecular flexibility index (Phi) is 6.96. The molecule has 9 heteroatoms. The van der Waals surface area contributed by atoms with Gasteiger partial charge in [0.25, 0.3) is 0 Å². The van der Waals surface area contributed by atoms with Crippen molar-refractivity contribution in [3.63, 3.8) is 0 Å². The number of halogens is 3. The summed E-state index contributed by atoms with van der Waals surface area (Å²) in [7, 11) is -2.46. The van der Waals surface area contributed by atoms with Gasteiger partial charge in [-0.25, -0.2) is 21.9 Å². The van der Waals surface area contributed by atoms with Crippen LogP contribution in [0.25, 0.3) is 0 Å². The summed E-state index contributed by atoms with van der Waals surface area (Å²) in [5.41, 5.74) is 0. The number of ether oxygens (including phenoxy) is 1. The van der Waals surface area contributed by atoms with Crippen molar-refractivity contribution in [2.75, 3.05) is 33.4 Å². The van der Waals surface area contributed by atoms with E-state index in [4.69, 9.17) is 4.74 Å². The second kappa shape index (κ2) is 7.99. The van der Waals surface area contributed by atoms with Gasteiger partial charge >= 0.3 is 0 Å². The van der Waals surface area contributed by atoms with Gasteiger partial charge in [-0.3, -0.25) is 0 Å². The van der Waals surface area contributed by atoms with E-state index in [9.17, 15) is 17.2 Å². The maximum absolute atomic E-state index is 13.5. The fourth-order valence-electron chi connectivity index (χ4n) is 1.36. The average molecular weight is 373 g/mol. The zero-order valence-corrected chi connectivity index (χ0v) is 13.2. The second-order valence-electron chi connectivity index (χ2n) is 3.84. The van der Waals surface area contributed by atoms with E-state index < -0.39 is 26.6 Å². The minimum atomic E-state index is -4.02. The molecule has 0 amide bonds. The Bertz CT molecular complexity index is 555. The van der Waals surface area contributed by atoms with Crippen molar-refractivity contribution in [2.45, 2.75) is 4.90 Å². The molecule has 0 heterocycles. The molecule has 0 aromatic heterocycles. The van der Waals surface area contributed by atoms with Crippen molar-refractivity contribution >= 4 is 26.0 Å². The van der Waals surface area contributed by atoms with Gasteiger partial charge in [-0.2, -0.15) is 0 Å². The number of sulfonamides is 1. The van der Waals surface area contributed by atoms with E-state index in [2.05, 4.69) is 26.0 Å². The molecule has 0 saturated heterocycles. The lowest BCUT2D eigenvalue weighted by Crippen LogP contribution is -2.33. The van der Waals surface area contributed by atoms with Crippen LogP contribution in [0.15, 0.2) is 21.5 Å². The van der Waals surface area contributed by atoms with E-state index in [-0.39, 0.29) is 11.0 Å². The quantitative estimate of drug-likeness (QED) is 0.532. The third-order valence-corrected chi connectivity index (χ3v) is 4.42. The third-order valence-electron chi connectivity index (χ3n) is 2.34. The fourth-order valence-corrected chi connectivity index (χ4v) is 2.97. The lowest BCUT2D eigenvalue weighted by Gasteiger charge is -2.09. The summed E-state index contributed by atoms with van der Waals surface area (Å²) in [6.45, 7) is 1.54. The summed E-state index contributed by atoms with van der Waals surface area (Å²) in [4.78, 5) is -0.595. The van der Waals surface area contributed by atoms with Gasteiger partial charge in [0.15, 0.2) is 0 Å². The monoisotopic (exact) mass is 372 g/mol. The molecule has 0 bridgehead atoms. The van der Waals surface area contributed by atoms with Crippen molar-refractivity contribution in [2.24, 2.45) is 0 Å². The largest absolute Gasteiger partial charge is 0.383 e. The van der Waals surface area contributed by atoms with E-state index in [1.807, 2.05) is 0 Å². The van der Waals surface area contributed by atoms with Gasteiger partial charge in [0.05, 0.1) is 11.1 Å². The van der Waals surface area contributed by atoms with Crippen LogP contribution in [0.2, 0.25) is 0 Å². The summed E-state index contributed by atoms with van der Waals surface area (Å²) in [5, 5.41) is 2.93. The highest BCUT2D eigenvalue weighted by molar-refractivity contribution is 9.10. The predicted molar refractivity (Wildman–Crippen MR) is 74.0 cm³/mol. The molecule has 114 valence electrons. The van der Waals surface area contributed by atoms with Crippen molar-refractivity contribution in [3.8, 4) is 0 Å². The summed E-state index contributed by atoms with van der Waals surface area (Å²) >= 11 is 2.82. The molecular weight excluding hydrogens is 358 g/mol. The molecule has 0 fully saturated rings. The zero-order chi connectivity index (χ0) is 15.2. The molecule has 1 aromatic rings. The molecule has 2 N–H and O–H groups in total. The number of rotatable bonds is 8. The van der Waals surface area contributed by atoms with E-state index in [1.54, 1.807) is 7.11 Å². The Morgan fingerprint density at radius 2 is 1.90 bits per heavy atom. The Hall–Kier alpha value is -0.610. The molecule has 0 aliphatic heterocycles. The Morgan fingerprint density at radius 3 is 2.55 bits per heavy atom. The van der Waals surface area contributed by atoms with Gasteiger partial charge in [0.1, 0.15) is 16.5 Å². The first kappa shape index (κ1) is 17.4. The summed E-state index contributed by atoms with van der Waals surface area (Å²) < 4.78 is 57.2. The van der Waals surface area contributed by atoms with Crippen LogP contribution in [0.3, 0.4) is 0 Å². The number of benzene rings is 1. The fraction of sp³-hybridized carbons (Fsp3) is 0.455. The molecule has 5 nitrogen and oxygen atoms in total. The normalized spacial score (nSPS) is 11.8. The molecule has 0 radical (unpaired) electrons. The standard InChI is InChI=1S/C11H15BrF2N2O3S/c1-19-5-4-15-2-3-16-20(17,18)11-6-8(12)9(13)7-10(11)14/h6-7,15-16H,2-5H2,1H3. The van der Waals surface area contributed by atoms with Crippen LogP contribution in [-0.4, -0.2) is 41.8 Å². The molecule has 0 saturated carbocycles. The smallest absolute Gasteiger partial charge is 0.243 e. The minimum absolute atomic E-state index is 0.0838. The number of hydrogen-bond acceptors (Lipinski definition) is 4. The lowest BCUT2D eigenvalue weighted by molar-refractivity contribution is 0.199. The molecule has 1 rings (SSSR count). The molecular formula is C11H15BrF2N2O3S. The lowest BCUT2D eigenvalue weighted by atomic mass is 10.3. The van der Waals surface area contributed by atoms with E-state index in [0.717, 1.165) is 6.07 Å². The van der Waals surface area contributed by atoms with E-state index in [0.29, 0.717) is 25.8 Å². The van der Waals surface area contributed by atoms with Gasteiger partial charge in [0.2, 0.25) is 10.0 Å². The summed E-state index contributed by atoms with van der Waals surface area (Å²) in [6, 6.07) is 1.42. The third kappa shape index (κ3) is 5.06. The zero-order valence-electron chi connectivity index (χ0n) is 10.8. The Balaban J connectivity index is 2.63. The van der Waals surface area contributed by atoms with Gasteiger partial charge in [-0.15, -0.1) is 0 Å². The van der Waals surface area contributed by atoms with Gasteiger partial charge in [-0.05, 0) is 22.0 Å². The van der Waals surface area contributed by atoms with Crippen molar-refractivity contribution in [1.29, 1.82) is 0 Å². The molecule has 0 aliphatic carbocycles. The van der Waals surface area contributed by atoms with Crippen LogP contribution in [0, 0.1) is 11.6 Å². The van der Waals surface area contributed by atoms with Crippen LogP contribution in [0.1, 0.15) is 0 Å². The molecule has 0 atom stereocenters. The highest BCUT2D eigenvalue weighted by atomic mass is 79.9. The van der Waals surface area contributed by atoms with Gasteiger partial charge in [-0.1, -0.05) is 0 Å². The summed E-state index contributed by atoms with van der Waals surface area (Å²) in [5.74, 6) is -1.99. The molecule has 0 aliphatic rings. The SMILES string of the molecule is COCCNCCNS(=O)(=O)c1cc(Br)c(F)cc1F. The van der Waals surface area contributed by atoms with Crippen molar-refractivity contribution in [3.05, 3.63) is 28.2 Å². The van der Waals surface area contributed by atoms with Crippen LogP contribution >= 0.6 is 15.9 Å². The topological polar surface area (TPSA) is 67.4 Å². The Labute approximate surface area is 124 Å².